The van der Waals surface area contributed by atoms with Crippen molar-refractivity contribution in [3.8, 4) is 5.75 Å². The predicted molar refractivity (Wildman–Crippen MR) is 139 cm³/mol. The molecule has 6 rings (SSSR count). The van der Waals surface area contributed by atoms with E-state index >= 15 is 0 Å². The van der Waals surface area contributed by atoms with Crippen molar-refractivity contribution in [2.24, 2.45) is 0 Å². The van der Waals surface area contributed by atoms with Crippen LogP contribution >= 0.6 is 11.6 Å². The normalized spacial score (nSPS) is 17.0. The number of rotatable bonds is 5. The Morgan fingerprint density at radius 1 is 1.13 bits per heavy atom. The van der Waals surface area contributed by atoms with E-state index in [-0.39, 0.29) is 22.2 Å². The fourth-order valence-electron chi connectivity index (χ4n) is 5.08. The maximum absolute atomic E-state index is 14.4. The molecule has 1 fully saturated rings. The summed E-state index contributed by atoms with van der Waals surface area (Å²) in [6.07, 6.45) is -2.99. The largest absolute Gasteiger partial charge is 0.486 e. The Kier molecular flexibility index (Phi) is 5.62. The number of para-hydroxylation sites is 1. The van der Waals surface area contributed by atoms with Gasteiger partial charge in [0.05, 0.1) is 38.4 Å². The molecule has 1 amide bonds. The number of anilines is 2. The van der Waals surface area contributed by atoms with E-state index in [0.29, 0.717) is 41.6 Å². The molecule has 2 heterocycles. The van der Waals surface area contributed by atoms with E-state index in [0.717, 1.165) is 17.7 Å². The zero-order valence-corrected chi connectivity index (χ0v) is 21.6. The standard InChI is InChI=1S/C28H23ClF4N4O2/c1-26(2)13-17-21-20(34-25(35-21)36-22-18(29)7-4-8-19(22)30)12-16(23(17)39-26)24(38)37-27(9-10-27)14-5-3-6-15(11-14)28(31,32)33/h3-8,11-12H,9-10,13H2,1-2H3,(H,37,38)(H2,34,35,36). The highest BCUT2D eigenvalue weighted by Crippen LogP contribution is 2.48. The number of aromatic amines is 1. The number of fused-ring (bicyclic) bond motifs is 3. The van der Waals surface area contributed by atoms with Crippen molar-refractivity contribution in [2.75, 3.05) is 5.32 Å². The SMILES string of the molecule is CC1(C)Cc2c(c(C(=O)NC3(c4cccc(C(F)(F)F)c4)CC3)cc3nc(Nc4c(F)cccc4Cl)[nH]c23)O1. The number of hydrogen-bond donors (Lipinski definition) is 3. The van der Waals surface area contributed by atoms with E-state index < -0.39 is 34.6 Å². The van der Waals surface area contributed by atoms with Gasteiger partial charge in [-0.25, -0.2) is 9.37 Å². The molecular weight excluding hydrogens is 536 g/mol. The minimum atomic E-state index is -4.49. The molecule has 202 valence electrons. The van der Waals surface area contributed by atoms with Crippen molar-refractivity contribution in [3.63, 3.8) is 0 Å². The molecule has 0 saturated heterocycles. The summed E-state index contributed by atoms with van der Waals surface area (Å²) in [5.41, 5.74) is 0.208. The van der Waals surface area contributed by atoms with E-state index in [2.05, 4.69) is 20.6 Å². The molecule has 6 nitrogen and oxygen atoms in total. The number of imidazole rings is 1. The predicted octanol–water partition coefficient (Wildman–Crippen LogP) is 7.25. The Balaban J connectivity index is 1.37. The number of carbonyl (C=O) groups excluding carboxylic acids is 1. The Bertz CT molecular complexity index is 1620. The summed E-state index contributed by atoms with van der Waals surface area (Å²) in [5, 5.41) is 6.00. The summed E-state index contributed by atoms with van der Waals surface area (Å²) >= 11 is 6.15. The lowest BCUT2D eigenvalue weighted by Crippen LogP contribution is -2.35. The van der Waals surface area contributed by atoms with Crippen molar-refractivity contribution in [1.82, 2.24) is 15.3 Å². The van der Waals surface area contributed by atoms with Gasteiger partial charge in [-0.05, 0) is 62.6 Å². The number of benzene rings is 3. The summed E-state index contributed by atoms with van der Waals surface area (Å²) in [6, 6.07) is 10.9. The number of aromatic nitrogens is 2. The van der Waals surface area contributed by atoms with Gasteiger partial charge in [0.2, 0.25) is 5.95 Å². The van der Waals surface area contributed by atoms with Gasteiger partial charge in [-0.15, -0.1) is 0 Å². The van der Waals surface area contributed by atoms with Crippen LogP contribution in [0.25, 0.3) is 11.0 Å². The van der Waals surface area contributed by atoms with Crippen LogP contribution in [0.2, 0.25) is 5.02 Å². The maximum Gasteiger partial charge on any atom is 0.416 e. The lowest BCUT2D eigenvalue weighted by atomic mass is 9.98. The van der Waals surface area contributed by atoms with Crippen LogP contribution in [0.3, 0.4) is 0 Å². The Labute approximate surface area is 225 Å². The first-order valence-electron chi connectivity index (χ1n) is 12.3. The van der Waals surface area contributed by atoms with Crippen LogP contribution in [-0.4, -0.2) is 21.5 Å². The number of amides is 1. The molecule has 11 heteroatoms. The number of nitrogens with zero attached hydrogens (tertiary/aromatic N) is 1. The zero-order chi connectivity index (χ0) is 27.7. The molecular formula is C28H23ClF4N4O2. The smallest absolute Gasteiger partial charge is 0.416 e. The number of nitrogens with one attached hydrogen (secondary N) is 3. The van der Waals surface area contributed by atoms with Crippen LogP contribution in [-0.2, 0) is 18.1 Å². The van der Waals surface area contributed by atoms with Gasteiger partial charge in [-0.2, -0.15) is 13.2 Å². The molecule has 4 aromatic rings. The molecule has 1 aromatic heterocycles. The molecule has 3 aromatic carbocycles. The second kappa shape index (κ2) is 8.61. The van der Waals surface area contributed by atoms with Crippen molar-refractivity contribution in [1.29, 1.82) is 0 Å². The van der Waals surface area contributed by atoms with Gasteiger partial charge >= 0.3 is 6.18 Å². The molecule has 0 unspecified atom stereocenters. The third-order valence-electron chi connectivity index (χ3n) is 7.11. The van der Waals surface area contributed by atoms with Crippen LogP contribution in [0, 0.1) is 5.82 Å². The fraction of sp³-hybridized carbons (Fsp3) is 0.286. The van der Waals surface area contributed by atoms with Gasteiger partial charge in [-0.3, -0.25) is 4.79 Å². The molecule has 0 bridgehead atoms. The molecule has 0 spiro atoms. The molecule has 1 aliphatic heterocycles. The van der Waals surface area contributed by atoms with Gasteiger partial charge < -0.3 is 20.4 Å². The van der Waals surface area contributed by atoms with Crippen LogP contribution in [0.15, 0.2) is 48.5 Å². The highest BCUT2D eigenvalue weighted by atomic mass is 35.5. The Morgan fingerprint density at radius 3 is 2.56 bits per heavy atom. The second-order valence-corrected chi connectivity index (χ2v) is 11.0. The monoisotopic (exact) mass is 558 g/mol. The third-order valence-corrected chi connectivity index (χ3v) is 7.43. The number of alkyl halides is 3. The van der Waals surface area contributed by atoms with Crippen LogP contribution in [0.4, 0.5) is 29.2 Å². The molecule has 2 aliphatic rings. The quantitative estimate of drug-likeness (QED) is 0.225. The van der Waals surface area contributed by atoms with Gasteiger partial charge in [0.25, 0.3) is 5.91 Å². The van der Waals surface area contributed by atoms with E-state index in [1.165, 1.54) is 18.2 Å². The summed E-state index contributed by atoms with van der Waals surface area (Å²) in [5.74, 6) is -0.425. The van der Waals surface area contributed by atoms with E-state index in [9.17, 15) is 22.4 Å². The number of hydrogen-bond acceptors (Lipinski definition) is 4. The Morgan fingerprint density at radius 2 is 1.87 bits per heavy atom. The number of H-pyrrole nitrogens is 1. The van der Waals surface area contributed by atoms with Gasteiger partial charge in [-0.1, -0.05) is 29.8 Å². The Hall–Kier alpha value is -3.79. The summed E-state index contributed by atoms with van der Waals surface area (Å²) in [4.78, 5) is 21.3. The lowest BCUT2D eigenvalue weighted by molar-refractivity contribution is -0.137. The number of carbonyl (C=O) groups is 1. The maximum atomic E-state index is 14.4. The first-order chi connectivity index (χ1) is 18.4. The van der Waals surface area contributed by atoms with Crippen molar-refractivity contribution < 1.29 is 27.1 Å². The summed E-state index contributed by atoms with van der Waals surface area (Å²) in [7, 11) is 0. The zero-order valence-electron chi connectivity index (χ0n) is 20.9. The van der Waals surface area contributed by atoms with Gasteiger partial charge in [0.1, 0.15) is 17.2 Å². The minimum absolute atomic E-state index is 0.0566. The molecule has 1 aliphatic carbocycles. The van der Waals surface area contributed by atoms with Crippen molar-refractivity contribution >= 4 is 40.2 Å². The topological polar surface area (TPSA) is 79.0 Å². The van der Waals surface area contributed by atoms with Crippen LogP contribution < -0.4 is 15.4 Å². The molecule has 39 heavy (non-hydrogen) atoms. The second-order valence-electron chi connectivity index (χ2n) is 10.6. The average Bonchev–Trinajstić information content (AvgIpc) is 3.40. The van der Waals surface area contributed by atoms with Crippen LogP contribution in [0.1, 0.15) is 53.7 Å². The van der Waals surface area contributed by atoms with E-state index in [4.69, 9.17) is 16.3 Å². The summed E-state index contributed by atoms with van der Waals surface area (Å²) < 4.78 is 60.5. The van der Waals surface area contributed by atoms with Gasteiger partial charge in [0.15, 0.2) is 0 Å². The van der Waals surface area contributed by atoms with Crippen molar-refractivity contribution in [3.05, 3.63) is 81.6 Å². The highest BCUT2D eigenvalue weighted by Gasteiger charge is 2.47. The average molecular weight is 559 g/mol. The number of ether oxygens (including phenoxy) is 1. The highest BCUT2D eigenvalue weighted by molar-refractivity contribution is 6.33. The van der Waals surface area contributed by atoms with Crippen molar-refractivity contribution in [2.45, 2.75) is 50.4 Å². The molecule has 3 N–H and O–H groups in total. The van der Waals surface area contributed by atoms with E-state index in [1.807, 2.05) is 13.8 Å². The third kappa shape index (κ3) is 4.56. The first-order valence-corrected chi connectivity index (χ1v) is 12.7. The first kappa shape index (κ1) is 25.5. The molecule has 0 radical (unpaired) electrons. The van der Waals surface area contributed by atoms with Gasteiger partial charge in [0, 0.05) is 12.0 Å². The number of halogens is 5. The molecule has 0 atom stereocenters. The molecule has 1 saturated carbocycles. The summed E-state index contributed by atoms with van der Waals surface area (Å²) in [6.45, 7) is 3.78. The fourth-order valence-corrected chi connectivity index (χ4v) is 5.29. The minimum Gasteiger partial charge on any atom is -0.486 e. The van der Waals surface area contributed by atoms with Crippen LogP contribution in [0.5, 0.6) is 5.75 Å². The lowest BCUT2D eigenvalue weighted by Gasteiger charge is -2.21. The van der Waals surface area contributed by atoms with E-state index in [1.54, 1.807) is 18.2 Å².